The van der Waals surface area contributed by atoms with Gasteiger partial charge in [-0.15, -0.1) is 0 Å². The third-order valence-corrected chi connectivity index (χ3v) is 6.07. The largest absolute Gasteiger partial charge is 0.343 e. The molecule has 0 saturated carbocycles. The average Bonchev–Trinajstić information content (AvgIpc) is 2.54. The van der Waals surface area contributed by atoms with Crippen molar-refractivity contribution in [1.29, 1.82) is 0 Å². The summed E-state index contributed by atoms with van der Waals surface area (Å²) in [6, 6.07) is 7.53. The fraction of sp³-hybridized carbons (Fsp3) is 0.632. The van der Waals surface area contributed by atoms with Crippen molar-refractivity contribution < 1.29 is 13.2 Å². The maximum Gasteiger partial charge on any atom is 0.232 e. The second-order valence-corrected chi connectivity index (χ2v) is 9.27. The van der Waals surface area contributed by atoms with Crippen LogP contribution >= 0.6 is 0 Å². The monoisotopic (exact) mass is 366 g/mol. The summed E-state index contributed by atoms with van der Waals surface area (Å²) in [6.07, 6.45) is 3.47. The predicted molar refractivity (Wildman–Crippen MR) is 102 cm³/mol. The van der Waals surface area contributed by atoms with Crippen LogP contribution in [0.5, 0.6) is 0 Å². The molecule has 0 atom stereocenters. The minimum Gasteiger partial charge on any atom is -0.343 e. The molecule has 1 aromatic carbocycles. The first-order valence-electron chi connectivity index (χ1n) is 9.04. The number of rotatable bonds is 6. The molecule has 1 heterocycles. The minimum absolute atomic E-state index is 0.0441. The Morgan fingerprint density at radius 2 is 1.84 bits per heavy atom. The fourth-order valence-electron chi connectivity index (χ4n) is 3.28. The molecule has 0 aliphatic carbocycles. The van der Waals surface area contributed by atoms with E-state index in [4.69, 9.17) is 0 Å². The van der Waals surface area contributed by atoms with Crippen LogP contribution in [0.3, 0.4) is 0 Å². The van der Waals surface area contributed by atoms with E-state index in [2.05, 4.69) is 6.92 Å². The second kappa shape index (κ2) is 8.21. The highest BCUT2D eigenvalue weighted by molar-refractivity contribution is 7.92. The number of hydrogen-bond acceptors (Lipinski definition) is 3. The summed E-state index contributed by atoms with van der Waals surface area (Å²) < 4.78 is 26.1. The summed E-state index contributed by atoms with van der Waals surface area (Å²) in [6.45, 7) is 8.03. The van der Waals surface area contributed by atoms with E-state index in [9.17, 15) is 13.2 Å². The molecular weight excluding hydrogens is 336 g/mol. The van der Waals surface area contributed by atoms with Crippen LogP contribution in [0.2, 0.25) is 0 Å². The van der Waals surface area contributed by atoms with E-state index in [1.165, 1.54) is 10.6 Å². The molecule has 5 nitrogen and oxygen atoms in total. The third kappa shape index (κ3) is 5.21. The zero-order chi connectivity index (χ0) is 18.6. The van der Waals surface area contributed by atoms with Crippen molar-refractivity contribution in [2.75, 3.05) is 30.2 Å². The van der Waals surface area contributed by atoms with E-state index in [1.54, 1.807) is 0 Å². The topological polar surface area (TPSA) is 57.7 Å². The smallest absolute Gasteiger partial charge is 0.232 e. The van der Waals surface area contributed by atoms with Crippen LogP contribution in [0.4, 0.5) is 5.69 Å². The van der Waals surface area contributed by atoms with Crippen molar-refractivity contribution in [2.45, 2.75) is 46.0 Å². The lowest BCUT2D eigenvalue weighted by Crippen LogP contribution is -2.40. The number of carbonyl (C=O) groups is 1. The van der Waals surface area contributed by atoms with E-state index in [0.717, 1.165) is 31.5 Å². The molecule has 1 aliphatic rings. The molecule has 0 unspecified atom stereocenters. The summed E-state index contributed by atoms with van der Waals surface area (Å²) in [7, 11) is -3.45. The van der Waals surface area contributed by atoms with Crippen LogP contribution in [0.1, 0.15) is 51.5 Å². The van der Waals surface area contributed by atoms with Gasteiger partial charge in [-0.2, -0.15) is 0 Å². The number of anilines is 1. The predicted octanol–water partition coefficient (Wildman–Crippen LogP) is 3.22. The fourth-order valence-corrected chi connectivity index (χ4v) is 4.23. The lowest BCUT2D eigenvalue weighted by molar-refractivity contribution is -0.132. The summed E-state index contributed by atoms with van der Waals surface area (Å²) >= 11 is 0. The van der Waals surface area contributed by atoms with Crippen LogP contribution < -0.4 is 4.31 Å². The van der Waals surface area contributed by atoms with Crippen molar-refractivity contribution in [3.63, 3.8) is 0 Å². The Labute approximate surface area is 152 Å². The van der Waals surface area contributed by atoms with Gasteiger partial charge in [-0.05, 0) is 36.3 Å². The Balaban J connectivity index is 2.14. The molecule has 0 radical (unpaired) electrons. The lowest BCUT2D eigenvalue weighted by atomic mass is 9.99. The van der Waals surface area contributed by atoms with E-state index in [1.807, 2.05) is 43.0 Å². The standard InChI is InChI=1S/C19H30N2O3S/c1-15(2)17-7-5-6-8-18(17)21(25(4,23)24)14-11-19(22)20-12-9-16(3)10-13-20/h5-8,15-16H,9-14H2,1-4H3. The van der Waals surface area contributed by atoms with E-state index >= 15 is 0 Å². The molecule has 25 heavy (non-hydrogen) atoms. The molecular formula is C19H30N2O3S. The maximum absolute atomic E-state index is 12.5. The number of benzene rings is 1. The molecule has 1 aromatic rings. The Bertz CT molecular complexity index is 692. The zero-order valence-corrected chi connectivity index (χ0v) is 16.6. The highest BCUT2D eigenvalue weighted by atomic mass is 32.2. The zero-order valence-electron chi connectivity index (χ0n) is 15.7. The number of likely N-dealkylation sites (tertiary alicyclic amines) is 1. The maximum atomic E-state index is 12.5. The second-order valence-electron chi connectivity index (χ2n) is 7.36. The lowest BCUT2D eigenvalue weighted by Gasteiger charge is -2.31. The number of carbonyl (C=O) groups excluding carboxylic acids is 1. The van der Waals surface area contributed by atoms with Gasteiger partial charge in [0.25, 0.3) is 0 Å². The highest BCUT2D eigenvalue weighted by Crippen LogP contribution is 2.29. The average molecular weight is 367 g/mol. The number of nitrogens with zero attached hydrogens (tertiary/aromatic N) is 2. The molecule has 1 aliphatic heterocycles. The van der Waals surface area contributed by atoms with Crippen LogP contribution in [-0.4, -0.2) is 45.1 Å². The van der Waals surface area contributed by atoms with Crippen LogP contribution in [0.25, 0.3) is 0 Å². The van der Waals surface area contributed by atoms with E-state index in [-0.39, 0.29) is 24.8 Å². The molecule has 0 bridgehead atoms. The summed E-state index contributed by atoms with van der Waals surface area (Å²) in [5.74, 6) is 0.914. The SMILES string of the molecule is CC1CCN(C(=O)CCN(c2ccccc2C(C)C)S(C)(=O)=O)CC1. The van der Waals surface area contributed by atoms with E-state index in [0.29, 0.717) is 11.6 Å². The normalized spacial score (nSPS) is 16.3. The number of para-hydroxylation sites is 1. The quantitative estimate of drug-likeness (QED) is 0.777. The molecule has 1 fully saturated rings. The van der Waals surface area contributed by atoms with Crippen molar-refractivity contribution in [3.8, 4) is 0 Å². The minimum atomic E-state index is -3.45. The van der Waals surface area contributed by atoms with Crippen molar-refractivity contribution >= 4 is 21.6 Å². The van der Waals surface area contributed by atoms with E-state index < -0.39 is 10.0 Å². The van der Waals surface area contributed by atoms with Crippen LogP contribution in [-0.2, 0) is 14.8 Å². The van der Waals surface area contributed by atoms with Gasteiger partial charge < -0.3 is 4.90 Å². The van der Waals surface area contributed by atoms with Gasteiger partial charge >= 0.3 is 0 Å². The number of sulfonamides is 1. The van der Waals surface area contributed by atoms with Gasteiger partial charge in [-0.1, -0.05) is 39.0 Å². The van der Waals surface area contributed by atoms with Gasteiger partial charge in [0.1, 0.15) is 0 Å². The number of hydrogen-bond donors (Lipinski definition) is 0. The number of amides is 1. The van der Waals surface area contributed by atoms with Gasteiger partial charge in [0.2, 0.25) is 15.9 Å². The van der Waals surface area contributed by atoms with Crippen LogP contribution in [0, 0.1) is 5.92 Å². The van der Waals surface area contributed by atoms with Gasteiger partial charge in [0, 0.05) is 26.1 Å². The molecule has 0 aromatic heterocycles. The first-order valence-corrected chi connectivity index (χ1v) is 10.9. The van der Waals surface area contributed by atoms with Gasteiger partial charge in [0.15, 0.2) is 0 Å². The summed E-state index contributed by atoms with van der Waals surface area (Å²) in [5.41, 5.74) is 1.66. The molecule has 2 rings (SSSR count). The Hall–Kier alpha value is -1.56. The Morgan fingerprint density at radius 1 is 1.24 bits per heavy atom. The van der Waals surface area contributed by atoms with Crippen molar-refractivity contribution in [1.82, 2.24) is 4.90 Å². The molecule has 0 N–H and O–H groups in total. The molecule has 140 valence electrons. The molecule has 6 heteroatoms. The van der Waals surface area contributed by atoms with Crippen molar-refractivity contribution in [2.24, 2.45) is 5.92 Å². The molecule has 1 amide bonds. The summed E-state index contributed by atoms with van der Waals surface area (Å²) in [4.78, 5) is 14.4. The summed E-state index contributed by atoms with van der Waals surface area (Å²) in [5, 5.41) is 0. The number of piperidine rings is 1. The first-order chi connectivity index (χ1) is 11.7. The first kappa shape index (κ1) is 19.8. The molecule has 0 spiro atoms. The Kier molecular flexibility index (Phi) is 6.49. The van der Waals surface area contributed by atoms with Gasteiger partial charge in [0.05, 0.1) is 11.9 Å². The van der Waals surface area contributed by atoms with Crippen molar-refractivity contribution in [3.05, 3.63) is 29.8 Å². The third-order valence-electron chi connectivity index (χ3n) is 4.89. The van der Waals surface area contributed by atoms with Gasteiger partial charge in [-0.3, -0.25) is 9.10 Å². The highest BCUT2D eigenvalue weighted by Gasteiger charge is 2.25. The van der Waals surface area contributed by atoms with Crippen LogP contribution in [0.15, 0.2) is 24.3 Å². The Morgan fingerprint density at radius 3 is 2.40 bits per heavy atom. The molecule has 1 saturated heterocycles. The van der Waals surface area contributed by atoms with Gasteiger partial charge in [-0.25, -0.2) is 8.42 Å².